The highest BCUT2D eigenvalue weighted by Crippen LogP contribution is 2.59. The molecule has 1 aliphatic carbocycles. The van der Waals surface area contributed by atoms with Gasteiger partial charge in [0.05, 0.1) is 0 Å². The van der Waals surface area contributed by atoms with Gasteiger partial charge in [0.2, 0.25) is 0 Å². The second-order valence-corrected chi connectivity index (χ2v) is 10.9. The molecule has 0 aromatic carbocycles. The van der Waals surface area contributed by atoms with Crippen LogP contribution in [-0.2, 0) is 0 Å². The van der Waals surface area contributed by atoms with E-state index in [1.807, 2.05) is 0 Å². The summed E-state index contributed by atoms with van der Waals surface area (Å²) in [4.78, 5) is 0. The summed E-state index contributed by atoms with van der Waals surface area (Å²) in [7, 11) is 0. The van der Waals surface area contributed by atoms with E-state index in [0.717, 1.165) is 71.0 Å². The minimum Gasteiger partial charge on any atom is -0.0625 e. The molecule has 24 heavy (non-hydrogen) atoms. The van der Waals surface area contributed by atoms with E-state index in [1.54, 1.807) is 0 Å². The van der Waals surface area contributed by atoms with Gasteiger partial charge in [-0.25, -0.2) is 0 Å². The third kappa shape index (κ3) is 4.21. The third-order valence-corrected chi connectivity index (χ3v) is 7.29. The molecule has 1 aliphatic rings. The van der Waals surface area contributed by atoms with Gasteiger partial charge in [-0.05, 0) is 71.0 Å². The van der Waals surface area contributed by atoms with Gasteiger partial charge >= 0.3 is 0 Å². The van der Waals surface area contributed by atoms with E-state index in [9.17, 15) is 0 Å². The van der Waals surface area contributed by atoms with Crippen molar-refractivity contribution < 1.29 is 0 Å². The van der Waals surface area contributed by atoms with Crippen molar-refractivity contribution in [2.75, 3.05) is 0 Å². The summed E-state index contributed by atoms with van der Waals surface area (Å²) in [6.07, 6.45) is 0. The van der Waals surface area contributed by atoms with Crippen LogP contribution in [0.1, 0.15) is 83.1 Å². The SMILES string of the molecule is CC(C)C1C(C(C)C)C(C(C)C)C(C(C)C)C(C(C)C)C1C(C)C. The molecule has 0 radical (unpaired) electrons. The molecular formula is C24H48. The predicted octanol–water partition coefficient (Wildman–Crippen LogP) is 7.63. The lowest BCUT2D eigenvalue weighted by Crippen LogP contribution is -2.55. The van der Waals surface area contributed by atoms with E-state index < -0.39 is 0 Å². The molecule has 1 fully saturated rings. The highest BCUT2D eigenvalue weighted by Gasteiger charge is 2.54. The van der Waals surface area contributed by atoms with Gasteiger partial charge in [0, 0.05) is 0 Å². The molecule has 0 aromatic heterocycles. The Balaban J connectivity index is 3.58. The van der Waals surface area contributed by atoms with Crippen molar-refractivity contribution in [1.82, 2.24) is 0 Å². The first kappa shape index (κ1) is 22.0. The molecule has 0 aromatic rings. The Morgan fingerprint density at radius 3 is 0.375 bits per heavy atom. The maximum Gasteiger partial charge on any atom is -0.0324 e. The average molecular weight is 337 g/mol. The molecule has 144 valence electrons. The van der Waals surface area contributed by atoms with Crippen molar-refractivity contribution in [3.8, 4) is 0 Å². The molecule has 0 spiro atoms. The fourth-order valence-electron chi connectivity index (χ4n) is 6.87. The molecule has 0 atom stereocenters. The normalized spacial score (nSPS) is 35.2. The summed E-state index contributed by atoms with van der Waals surface area (Å²) in [6, 6.07) is 0. The Morgan fingerprint density at radius 2 is 0.333 bits per heavy atom. The van der Waals surface area contributed by atoms with Gasteiger partial charge in [0.15, 0.2) is 0 Å². The van der Waals surface area contributed by atoms with Crippen LogP contribution in [0.3, 0.4) is 0 Å². The molecular weight excluding hydrogens is 288 g/mol. The average Bonchev–Trinajstić information content (AvgIpc) is 2.42. The highest BCUT2D eigenvalue weighted by molar-refractivity contribution is 5.01. The van der Waals surface area contributed by atoms with E-state index in [-0.39, 0.29) is 0 Å². The van der Waals surface area contributed by atoms with Gasteiger partial charge in [-0.1, -0.05) is 83.1 Å². The first-order valence-electron chi connectivity index (χ1n) is 10.9. The Kier molecular flexibility index (Phi) is 7.89. The molecule has 0 aliphatic heterocycles. The molecule has 0 heteroatoms. The maximum atomic E-state index is 2.50. The second-order valence-electron chi connectivity index (χ2n) is 10.9. The lowest BCUT2D eigenvalue weighted by atomic mass is 9.45. The fraction of sp³-hybridized carbons (Fsp3) is 1.00. The molecule has 0 heterocycles. The van der Waals surface area contributed by atoms with Crippen molar-refractivity contribution >= 4 is 0 Å². The molecule has 0 saturated heterocycles. The zero-order chi connectivity index (χ0) is 18.9. The lowest BCUT2D eigenvalue weighted by molar-refractivity contribution is -0.122. The van der Waals surface area contributed by atoms with Gasteiger partial charge < -0.3 is 0 Å². The fourth-order valence-corrected chi connectivity index (χ4v) is 6.87. The Morgan fingerprint density at radius 1 is 0.250 bits per heavy atom. The van der Waals surface area contributed by atoms with Crippen LogP contribution in [0, 0.1) is 71.0 Å². The van der Waals surface area contributed by atoms with Gasteiger partial charge in [-0.2, -0.15) is 0 Å². The third-order valence-electron chi connectivity index (χ3n) is 7.29. The number of hydrogen-bond acceptors (Lipinski definition) is 0. The Bertz CT molecular complexity index is 255. The van der Waals surface area contributed by atoms with Crippen LogP contribution < -0.4 is 0 Å². The molecule has 0 unspecified atom stereocenters. The van der Waals surface area contributed by atoms with Crippen molar-refractivity contribution in [1.29, 1.82) is 0 Å². The summed E-state index contributed by atoms with van der Waals surface area (Å²) in [6.45, 7) is 30.0. The zero-order valence-corrected chi connectivity index (χ0v) is 18.9. The zero-order valence-electron chi connectivity index (χ0n) is 18.9. The van der Waals surface area contributed by atoms with E-state index in [0.29, 0.717) is 0 Å². The van der Waals surface area contributed by atoms with Crippen LogP contribution in [0.25, 0.3) is 0 Å². The molecule has 0 N–H and O–H groups in total. The van der Waals surface area contributed by atoms with Gasteiger partial charge in [-0.3, -0.25) is 0 Å². The summed E-state index contributed by atoms with van der Waals surface area (Å²) in [5.41, 5.74) is 0. The maximum absolute atomic E-state index is 2.50. The molecule has 0 amide bonds. The number of hydrogen-bond donors (Lipinski definition) is 0. The van der Waals surface area contributed by atoms with E-state index >= 15 is 0 Å². The predicted molar refractivity (Wildman–Crippen MR) is 110 cm³/mol. The van der Waals surface area contributed by atoms with Crippen LogP contribution in [0.2, 0.25) is 0 Å². The van der Waals surface area contributed by atoms with Crippen LogP contribution in [-0.4, -0.2) is 0 Å². The highest BCUT2D eigenvalue weighted by atomic mass is 14.6. The topological polar surface area (TPSA) is 0 Å². The number of rotatable bonds is 6. The first-order chi connectivity index (χ1) is 10.9. The minimum atomic E-state index is 0.792. The van der Waals surface area contributed by atoms with Crippen molar-refractivity contribution in [2.24, 2.45) is 71.0 Å². The lowest BCUT2D eigenvalue weighted by Gasteiger charge is -2.60. The van der Waals surface area contributed by atoms with Crippen molar-refractivity contribution in [2.45, 2.75) is 83.1 Å². The largest absolute Gasteiger partial charge is 0.0625 e. The van der Waals surface area contributed by atoms with Crippen LogP contribution >= 0.6 is 0 Å². The van der Waals surface area contributed by atoms with Crippen LogP contribution in [0.5, 0.6) is 0 Å². The van der Waals surface area contributed by atoms with E-state index in [4.69, 9.17) is 0 Å². The smallest absolute Gasteiger partial charge is 0.0324 e. The van der Waals surface area contributed by atoms with Gasteiger partial charge in [0.25, 0.3) is 0 Å². The van der Waals surface area contributed by atoms with Gasteiger partial charge in [-0.15, -0.1) is 0 Å². The van der Waals surface area contributed by atoms with E-state index in [2.05, 4.69) is 83.1 Å². The molecule has 0 bridgehead atoms. The van der Waals surface area contributed by atoms with Gasteiger partial charge in [0.1, 0.15) is 0 Å². The summed E-state index contributed by atoms with van der Waals surface area (Å²) in [5, 5.41) is 0. The molecule has 0 nitrogen and oxygen atoms in total. The van der Waals surface area contributed by atoms with E-state index in [1.165, 1.54) is 0 Å². The van der Waals surface area contributed by atoms with Crippen molar-refractivity contribution in [3.63, 3.8) is 0 Å². The van der Waals surface area contributed by atoms with Crippen LogP contribution in [0.4, 0.5) is 0 Å². The summed E-state index contributed by atoms with van der Waals surface area (Å²) in [5.74, 6) is 10.0. The standard InChI is InChI=1S/C24H48/c1-13(2)19-20(14(3)4)22(16(7)8)24(18(11)12)23(17(9)10)21(19)15(5)6/h13-24H,1-12H3. The minimum absolute atomic E-state index is 0.792. The molecule has 1 rings (SSSR count). The quantitative estimate of drug-likeness (QED) is 0.467. The Labute approximate surface area is 154 Å². The Hall–Kier alpha value is 0. The summed E-state index contributed by atoms with van der Waals surface area (Å²) >= 11 is 0. The first-order valence-corrected chi connectivity index (χ1v) is 10.9. The molecule has 1 saturated carbocycles. The second kappa shape index (κ2) is 8.59. The van der Waals surface area contributed by atoms with Crippen molar-refractivity contribution in [3.05, 3.63) is 0 Å². The van der Waals surface area contributed by atoms with Crippen LogP contribution in [0.15, 0.2) is 0 Å². The monoisotopic (exact) mass is 336 g/mol. The summed E-state index contributed by atoms with van der Waals surface area (Å²) < 4.78 is 0.